The highest BCUT2D eigenvalue weighted by molar-refractivity contribution is 5.88. The van der Waals surface area contributed by atoms with E-state index in [0.29, 0.717) is 18.8 Å². The fourth-order valence-electron chi connectivity index (χ4n) is 2.57. The maximum absolute atomic E-state index is 11.7. The van der Waals surface area contributed by atoms with Gasteiger partial charge in [-0.3, -0.25) is 4.68 Å². The first-order valence-corrected chi connectivity index (χ1v) is 7.64. The van der Waals surface area contributed by atoms with Crippen molar-refractivity contribution in [1.29, 1.82) is 0 Å². The molecule has 0 saturated heterocycles. The van der Waals surface area contributed by atoms with Crippen LogP contribution in [0.4, 0.5) is 0 Å². The largest absolute Gasteiger partial charge is 0.462 e. The highest BCUT2D eigenvalue weighted by atomic mass is 16.5. The molecule has 0 amide bonds. The van der Waals surface area contributed by atoms with Gasteiger partial charge in [-0.05, 0) is 25.3 Å². The standard InChI is InChI=1S/C17H20N2O3/c1-2-21-17(20)14-10-18-19(11-14)15-8-9-16(15)22-12-13-6-4-3-5-7-13/h3-7,10-11,15-16H,2,8-9,12H2,1H3/t15?,16-/m0/s1. The second-order valence-corrected chi connectivity index (χ2v) is 5.41. The van der Waals surface area contributed by atoms with Crippen molar-refractivity contribution in [2.75, 3.05) is 6.61 Å². The predicted octanol–water partition coefficient (Wildman–Crippen LogP) is 2.98. The first-order chi connectivity index (χ1) is 10.8. The van der Waals surface area contributed by atoms with Gasteiger partial charge in [-0.2, -0.15) is 5.10 Å². The van der Waals surface area contributed by atoms with Crippen LogP contribution in [0.2, 0.25) is 0 Å². The number of aromatic nitrogens is 2. The van der Waals surface area contributed by atoms with Crippen LogP contribution in [0.3, 0.4) is 0 Å². The molecule has 2 atom stereocenters. The molecule has 1 unspecified atom stereocenters. The molecule has 1 fully saturated rings. The van der Waals surface area contributed by atoms with Crippen LogP contribution >= 0.6 is 0 Å². The molecule has 5 nitrogen and oxygen atoms in total. The van der Waals surface area contributed by atoms with Crippen molar-refractivity contribution in [3.05, 3.63) is 53.9 Å². The monoisotopic (exact) mass is 300 g/mol. The molecule has 0 spiro atoms. The molecule has 1 aromatic heterocycles. The molecular formula is C17H20N2O3. The van der Waals surface area contributed by atoms with Crippen molar-refractivity contribution in [2.24, 2.45) is 0 Å². The van der Waals surface area contributed by atoms with E-state index in [1.54, 1.807) is 19.3 Å². The van der Waals surface area contributed by atoms with Crippen molar-refractivity contribution >= 4 is 5.97 Å². The van der Waals surface area contributed by atoms with E-state index >= 15 is 0 Å². The third-order valence-electron chi connectivity index (χ3n) is 3.94. The zero-order valence-electron chi connectivity index (χ0n) is 12.6. The highest BCUT2D eigenvalue weighted by Gasteiger charge is 2.34. The van der Waals surface area contributed by atoms with Crippen LogP contribution in [0.5, 0.6) is 0 Å². The second kappa shape index (κ2) is 6.75. The van der Waals surface area contributed by atoms with Gasteiger partial charge in [0.25, 0.3) is 0 Å². The van der Waals surface area contributed by atoms with Gasteiger partial charge in [0.05, 0.1) is 37.1 Å². The summed E-state index contributed by atoms with van der Waals surface area (Å²) in [6.45, 7) is 2.77. The lowest BCUT2D eigenvalue weighted by Crippen LogP contribution is -2.36. The van der Waals surface area contributed by atoms with Crippen LogP contribution in [0.15, 0.2) is 42.7 Å². The van der Waals surface area contributed by atoms with Gasteiger partial charge in [0.15, 0.2) is 0 Å². The Morgan fingerprint density at radius 2 is 2.14 bits per heavy atom. The molecule has 1 saturated carbocycles. The van der Waals surface area contributed by atoms with Gasteiger partial charge in [-0.15, -0.1) is 0 Å². The normalized spacial score (nSPS) is 20.4. The van der Waals surface area contributed by atoms with Crippen LogP contribution in [0.1, 0.15) is 41.7 Å². The van der Waals surface area contributed by atoms with Crippen molar-refractivity contribution in [1.82, 2.24) is 9.78 Å². The van der Waals surface area contributed by atoms with E-state index in [9.17, 15) is 4.79 Å². The van der Waals surface area contributed by atoms with Gasteiger partial charge in [0.1, 0.15) is 0 Å². The lowest BCUT2D eigenvalue weighted by atomic mass is 9.89. The Bertz CT molecular complexity index is 624. The Morgan fingerprint density at radius 3 is 2.82 bits per heavy atom. The number of rotatable bonds is 6. The molecule has 5 heteroatoms. The average molecular weight is 300 g/mol. The van der Waals surface area contributed by atoms with Crippen molar-refractivity contribution in [3.8, 4) is 0 Å². The van der Waals surface area contributed by atoms with Gasteiger partial charge >= 0.3 is 5.97 Å². The predicted molar refractivity (Wildman–Crippen MR) is 81.5 cm³/mol. The maximum Gasteiger partial charge on any atom is 0.341 e. The van der Waals surface area contributed by atoms with E-state index in [0.717, 1.165) is 12.8 Å². The van der Waals surface area contributed by atoms with E-state index in [2.05, 4.69) is 17.2 Å². The summed E-state index contributed by atoms with van der Waals surface area (Å²) in [5.74, 6) is -0.324. The summed E-state index contributed by atoms with van der Waals surface area (Å²) in [4.78, 5) is 11.7. The smallest absolute Gasteiger partial charge is 0.341 e. The topological polar surface area (TPSA) is 53.3 Å². The van der Waals surface area contributed by atoms with E-state index in [4.69, 9.17) is 9.47 Å². The third-order valence-corrected chi connectivity index (χ3v) is 3.94. The zero-order chi connectivity index (χ0) is 15.4. The fraction of sp³-hybridized carbons (Fsp3) is 0.412. The molecule has 1 heterocycles. The van der Waals surface area contributed by atoms with E-state index in [1.165, 1.54) is 5.56 Å². The van der Waals surface area contributed by atoms with E-state index in [-0.39, 0.29) is 18.1 Å². The number of esters is 1. The molecule has 1 aromatic carbocycles. The first-order valence-electron chi connectivity index (χ1n) is 7.64. The average Bonchev–Trinajstić information content (AvgIpc) is 2.97. The van der Waals surface area contributed by atoms with Gasteiger partial charge in [0, 0.05) is 6.20 Å². The SMILES string of the molecule is CCOC(=O)c1cnn(C2CC[C@@H]2OCc2ccccc2)c1. The molecular weight excluding hydrogens is 280 g/mol. The summed E-state index contributed by atoms with van der Waals surface area (Å²) in [6.07, 6.45) is 5.50. The maximum atomic E-state index is 11.7. The van der Waals surface area contributed by atoms with Crippen LogP contribution < -0.4 is 0 Å². The van der Waals surface area contributed by atoms with Gasteiger partial charge in [-0.1, -0.05) is 30.3 Å². The minimum Gasteiger partial charge on any atom is -0.462 e. The lowest BCUT2D eigenvalue weighted by Gasteiger charge is -2.36. The zero-order valence-corrected chi connectivity index (χ0v) is 12.6. The lowest BCUT2D eigenvalue weighted by molar-refractivity contribution is -0.0530. The van der Waals surface area contributed by atoms with E-state index in [1.807, 2.05) is 22.9 Å². The second-order valence-electron chi connectivity index (χ2n) is 5.41. The first kappa shape index (κ1) is 14.8. The molecule has 0 radical (unpaired) electrons. The number of nitrogens with zero attached hydrogens (tertiary/aromatic N) is 2. The number of carbonyl (C=O) groups is 1. The molecule has 116 valence electrons. The number of ether oxygens (including phenoxy) is 2. The minimum absolute atomic E-state index is 0.148. The Morgan fingerprint density at radius 1 is 1.32 bits per heavy atom. The summed E-state index contributed by atoms with van der Waals surface area (Å²) in [5, 5.41) is 4.28. The summed E-state index contributed by atoms with van der Waals surface area (Å²) in [6, 6.07) is 10.3. The summed E-state index contributed by atoms with van der Waals surface area (Å²) >= 11 is 0. The third kappa shape index (κ3) is 3.20. The molecule has 0 N–H and O–H groups in total. The molecule has 1 aliphatic rings. The molecule has 0 aliphatic heterocycles. The molecule has 2 aromatic rings. The Balaban J connectivity index is 1.57. The Hall–Kier alpha value is -2.14. The summed E-state index contributed by atoms with van der Waals surface area (Å²) < 4.78 is 12.8. The molecule has 22 heavy (non-hydrogen) atoms. The number of hydrogen-bond acceptors (Lipinski definition) is 4. The number of carbonyl (C=O) groups excluding carboxylic acids is 1. The van der Waals surface area contributed by atoms with Gasteiger partial charge in [0.2, 0.25) is 0 Å². The molecule has 1 aliphatic carbocycles. The van der Waals surface area contributed by atoms with Crippen molar-refractivity contribution in [2.45, 2.75) is 38.5 Å². The quantitative estimate of drug-likeness (QED) is 0.770. The van der Waals surface area contributed by atoms with Gasteiger partial charge < -0.3 is 9.47 Å². The Labute approximate surface area is 129 Å². The molecule has 0 bridgehead atoms. The fourth-order valence-corrected chi connectivity index (χ4v) is 2.57. The minimum atomic E-state index is -0.324. The van der Waals surface area contributed by atoms with Crippen LogP contribution in [-0.4, -0.2) is 28.5 Å². The molecule has 3 rings (SSSR count). The number of benzene rings is 1. The summed E-state index contributed by atoms with van der Waals surface area (Å²) in [7, 11) is 0. The van der Waals surface area contributed by atoms with Crippen LogP contribution in [0, 0.1) is 0 Å². The van der Waals surface area contributed by atoms with Crippen molar-refractivity contribution in [3.63, 3.8) is 0 Å². The summed E-state index contributed by atoms with van der Waals surface area (Å²) in [5.41, 5.74) is 1.66. The van der Waals surface area contributed by atoms with Crippen LogP contribution in [0.25, 0.3) is 0 Å². The van der Waals surface area contributed by atoms with Crippen LogP contribution in [-0.2, 0) is 16.1 Å². The van der Waals surface area contributed by atoms with Gasteiger partial charge in [-0.25, -0.2) is 4.79 Å². The number of hydrogen-bond donors (Lipinski definition) is 0. The highest BCUT2D eigenvalue weighted by Crippen LogP contribution is 2.35. The Kier molecular flexibility index (Phi) is 4.53. The van der Waals surface area contributed by atoms with Crippen molar-refractivity contribution < 1.29 is 14.3 Å². The van der Waals surface area contributed by atoms with E-state index < -0.39 is 0 Å².